The van der Waals surface area contributed by atoms with Crippen molar-refractivity contribution in [2.45, 2.75) is 31.0 Å². The van der Waals surface area contributed by atoms with Gasteiger partial charge < -0.3 is 0 Å². The summed E-state index contributed by atoms with van der Waals surface area (Å²) in [4.78, 5) is 0. The second-order valence-electron chi connectivity index (χ2n) is 4.94. The third kappa shape index (κ3) is 2.20. The second kappa shape index (κ2) is 4.35. The normalized spacial score (nSPS) is 15.6. The molecule has 106 valence electrons. The molecular weight excluding hydrogens is 283 g/mol. The standard InChI is InChI=1S/C12H13FN4O2S/c1-7-2-5-9(10(13)6-7)11-15-16-12(20(14,18)19)17(11)8-3-4-8/h2,5-6,8H,3-4H2,1H3,(H2,14,18,19). The summed E-state index contributed by atoms with van der Waals surface area (Å²) in [6.45, 7) is 1.77. The molecule has 2 aromatic rings. The van der Waals surface area contributed by atoms with Crippen molar-refractivity contribution in [2.75, 3.05) is 0 Å². The fourth-order valence-electron chi connectivity index (χ4n) is 2.12. The van der Waals surface area contributed by atoms with Gasteiger partial charge >= 0.3 is 0 Å². The van der Waals surface area contributed by atoms with Crippen LogP contribution in [0.3, 0.4) is 0 Å². The van der Waals surface area contributed by atoms with Crippen molar-refractivity contribution in [3.8, 4) is 11.4 Å². The first kappa shape index (κ1) is 13.2. The lowest BCUT2D eigenvalue weighted by Crippen LogP contribution is -2.18. The molecule has 6 nitrogen and oxygen atoms in total. The highest BCUT2D eigenvalue weighted by molar-refractivity contribution is 7.89. The molecule has 0 atom stereocenters. The topological polar surface area (TPSA) is 90.9 Å². The minimum Gasteiger partial charge on any atom is -0.294 e. The van der Waals surface area contributed by atoms with Crippen LogP contribution in [0.15, 0.2) is 23.4 Å². The largest absolute Gasteiger partial charge is 0.294 e. The zero-order valence-corrected chi connectivity index (χ0v) is 11.6. The molecule has 8 heteroatoms. The van der Waals surface area contributed by atoms with Crippen LogP contribution in [0.4, 0.5) is 4.39 Å². The second-order valence-corrected chi connectivity index (χ2v) is 6.39. The van der Waals surface area contributed by atoms with Gasteiger partial charge in [0.05, 0.1) is 5.56 Å². The van der Waals surface area contributed by atoms with Crippen molar-refractivity contribution in [1.82, 2.24) is 14.8 Å². The van der Waals surface area contributed by atoms with Gasteiger partial charge in [-0.2, -0.15) is 0 Å². The first-order chi connectivity index (χ1) is 9.38. The third-order valence-electron chi connectivity index (χ3n) is 3.20. The molecule has 0 unspecified atom stereocenters. The number of nitrogens with two attached hydrogens (primary N) is 1. The molecule has 1 aliphatic carbocycles. The summed E-state index contributed by atoms with van der Waals surface area (Å²) >= 11 is 0. The molecule has 1 saturated carbocycles. The van der Waals surface area contributed by atoms with E-state index < -0.39 is 15.8 Å². The molecule has 0 spiro atoms. The highest BCUT2D eigenvalue weighted by Crippen LogP contribution is 2.40. The van der Waals surface area contributed by atoms with E-state index in [-0.39, 0.29) is 22.6 Å². The number of benzene rings is 1. The Bertz CT molecular complexity index is 781. The molecule has 2 N–H and O–H groups in total. The molecule has 0 aliphatic heterocycles. The molecule has 1 heterocycles. The molecule has 0 amide bonds. The number of hydrogen-bond acceptors (Lipinski definition) is 4. The van der Waals surface area contributed by atoms with Gasteiger partial charge in [0.15, 0.2) is 5.82 Å². The molecule has 0 radical (unpaired) electrons. The van der Waals surface area contributed by atoms with Crippen LogP contribution in [-0.4, -0.2) is 23.2 Å². The predicted octanol–water partition coefficient (Wildman–Crippen LogP) is 1.37. The number of halogens is 1. The maximum atomic E-state index is 14.0. The zero-order valence-electron chi connectivity index (χ0n) is 10.7. The number of rotatable bonds is 3. The van der Waals surface area contributed by atoms with Crippen molar-refractivity contribution in [2.24, 2.45) is 5.14 Å². The van der Waals surface area contributed by atoms with E-state index in [0.29, 0.717) is 0 Å². The van der Waals surface area contributed by atoms with Gasteiger partial charge in [-0.05, 0) is 37.5 Å². The van der Waals surface area contributed by atoms with E-state index in [0.717, 1.165) is 18.4 Å². The fraction of sp³-hybridized carbons (Fsp3) is 0.333. The Kier molecular flexibility index (Phi) is 2.87. The summed E-state index contributed by atoms with van der Waals surface area (Å²) in [6.07, 6.45) is 1.61. The van der Waals surface area contributed by atoms with Crippen LogP contribution in [0.5, 0.6) is 0 Å². The Hall–Kier alpha value is -1.80. The summed E-state index contributed by atoms with van der Waals surface area (Å²) in [7, 11) is -3.98. The average Bonchev–Trinajstić information content (AvgIpc) is 3.07. The highest BCUT2D eigenvalue weighted by atomic mass is 32.2. The Morgan fingerprint density at radius 1 is 1.35 bits per heavy atom. The van der Waals surface area contributed by atoms with Crippen molar-refractivity contribution < 1.29 is 12.8 Å². The molecular formula is C12H13FN4O2S. The SMILES string of the molecule is Cc1ccc(-c2nnc(S(N)(=O)=O)n2C2CC2)c(F)c1. The Balaban J connectivity index is 2.22. The molecule has 3 rings (SSSR count). The molecule has 20 heavy (non-hydrogen) atoms. The lowest BCUT2D eigenvalue weighted by Gasteiger charge is -2.08. The first-order valence-corrected chi connectivity index (χ1v) is 7.67. The summed E-state index contributed by atoms with van der Waals surface area (Å²) in [6, 6.07) is 4.65. The molecule has 0 saturated heterocycles. The Labute approximate surface area is 115 Å². The molecule has 1 fully saturated rings. The summed E-state index contributed by atoms with van der Waals surface area (Å²) < 4.78 is 38.5. The number of sulfonamides is 1. The van der Waals surface area contributed by atoms with Crippen LogP contribution < -0.4 is 5.14 Å². The van der Waals surface area contributed by atoms with Crippen LogP contribution in [0.25, 0.3) is 11.4 Å². The lowest BCUT2D eigenvalue weighted by atomic mass is 10.1. The maximum Gasteiger partial charge on any atom is 0.273 e. The minimum absolute atomic E-state index is 0.0333. The van der Waals surface area contributed by atoms with Gasteiger partial charge in [0.25, 0.3) is 15.2 Å². The number of hydrogen-bond donors (Lipinski definition) is 1. The molecule has 1 aromatic heterocycles. The third-order valence-corrected chi connectivity index (χ3v) is 3.98. The molecule has 1 aliphatic rings. The summed E-state index contributed by atoms with van der Waals surface area (Å²) in [5.41, 5.74) is 1.00. The number of nitrogens with zero attached hydrogens (tertiary/aromatic N) is 3. The van der Waals surface area contributed by atoms with Crippen molar-refractivity contribution >= 4 is 10.0 Å². The van der Waals surface area contributed by atoms with Crippen LogP contribution in [0.2, 0.25) is 0 Å². The van der Waals surface area contributed by atoms with Gasteiger partial charge in [0, 0.05) is 6.04 Å². The van der Waals surface area contributed by atoms with E-state index >= 15 is 0 Å². The Morgan fingerprint density at radius 2 is 2.05 bits per heavy atom. The fourth-order valence-corrected chi connectivity index (χ4v) is 2.78. The smallest absolute Gasteiger partial charge is 0.273 e. The van der Waals surface area contributed by atoms with E-state index in [1.807, 2.05) is 0 Å². The molecule has 1 aromatic carbocycles. The van der Waals surface area contributed by atoms with Gasteiger partial charge in [-0.1, -0.05) is 6.07 Å². The van der Waals surface area contributed by atoms with Crippen LogP contribution in [0.1, 0.15) is 24.4 Å². The van der Waals surface area contributed by atoms with E-state index in [4.69, 9.17) is 5.14 Å². The number of aromatic nitrogens is 3. The van der Waals surface area contributed by atoms with Crippen LogP contribution >= 0.6 is 0 Å². The van der Waals surface area contributed by atoms with Gasteiger partial charge in [0.1, 0.15) is 5.82 Å². The van der Waals surface area contributed by atoms with E-state index in [2.05, 4.69) is 10.2 Å². The average molecular weight is 296 g/mol. The number of primary sulfonamides is 1. The monoisotopic (exact) mass is 296 g/mol. The first-order valence-electron chi connectivity index (χ1n) is 6.12. The van der Waals surface area contributed by atoms with E-state index in [1.54, 1.807) is 19.1 Å². The van der Waals surface area contributed by atoms with Gasteiger partial charge in [-0.25, -0.2) is 17.9 Å². The minimum atomic E-state index is -3.98. The van der Waals surface area contributed by atoms with Crippen LogP contribution in [-0.2, 0) is 10.0 Å². The summed E-state index contributed by atoms with van der Waals surface area (Å²) in [5.74, 6) is -0.255. The van der Waals surface area contributed by atoms with E-state index in [9.17, 15) is 12.8 Å². The number of aryl methyl sites for hydroxylation is 1. The molecule has 0 bridgehead atoms. The Morgan fingerprint density at radius 3 is 2.60 bits per heavy atom. The highest BCUT2D eigenvalue weighted by Gasteiger charge is 2.34. The van der Waals surface area contributed by atoms with Gasteiger partial charge in [-0.3, -0.25) is 4.57 Å². The quantitative estimate of drug-likeness (QED) is 0.926. The van der Waals surface area contributed by atoms with Gasteiger partial charge in [-0.15, -0.1) is 10.2 Å². The zero-order chi connectivity index (χ0) is 14.5. The lowest BCUT2D eigenvalue weighted by molar-refractivity contribution is 0.566. The van der Waals surface area contributed by atoms with Crippen molar-refractivity contribution in [1.29, 1.82) is 0 Å². The predicted molar refractivity (Wildman–Crippen MR) is 69.8 cm³/mol. The van der Waals surface area contributed by atoms with Crippen molar-refractivity contribution in [3.63, 3.8) is 0 Å². The van der Waals surface area contributed by atoms with E-state index in [1.165, 1.54) is 10.6 Å². The summed E-state index contributed by atoms with van der Waals surface area (Å²) in [5, 5.41) is 12.3. The van der Waals surface area contributed by atoms with Crippen molar-refractivity contribution in [3.05, 3.63) is 29.6 Å². The van der Waals surface area contributed by atoms with Gasteiger partial charge in [0.2, 0.25) is 0 Å². The maximum absolute atomic E-state index is 14.0. The van der Waals surface area contributed by atoms with Crippen LogP contribution in [0, 0.1) is 12.7 Å².